The minimum absolute atomic E-state index is 0.0976. The molecule has 0 radical (unpaired) electrons. The second-order valence-corrected chi connectivity index (χ2v) is 6.28. The van der Waals surface area contributed by atoms with Crippen LogP contribution in [-0.2, 0) is 4.79 Å². The summed E-state index contributed by atoms with van der Waals surface area (Å²) in [6.45, 7) is 3.49. The molecule has 1 aliphatic heterocycles. The summed E-state index contributed by atoms with van der Waals surface area (Å²) in [5.74, 6) is -0.0103. The largest absolute Gasteiger partial charge is 0.481 e. The highest BCUT2D eigenvalue weighted by atomic mass is 16.4. The molecule has 0 aromatic rings. The van der Waals surface area contributed by atoms with E-state index in [9.17, 15) is 14.7 Å². The molecule has 0 aromatic carbocycles. The number of nitrogens with one attached hydrogen (secondary N) is 1. The highest BCUT2D eigenvalue weighted by molar-refractivity contribution is 5.79. The molecule has 1 aliphatic carbocycles. The summed E-state index contributed by atoms with van der Waals surface area (Å²) in [6.07, 6.45) is 7.42. The van der Waals surface area contributed by atoms with E-state index in [2.05, 4.69) is 5.32 Å². The van der Waals surface area contributed by atoms with Crippen molar-refractivity contribution in [3.63, 3.8) is 0 Å². The van der Waals surface area contributed by atoms with Crippen LogP contribution in [0.2, 0.25) is 0 Å². The Kier molecular flexibility index (Phi) is 4.89. The first-order valence-electron chi connectivity index (χ1n) is 7.83. The first kappa shape index (κ1) is 15.1. The fourth-order valence-electron chi connectivity index (χ4n) is 3.45. The average molecular weight is 282 g/mol. The fraction of sp³-hybridized carbons (Fsp3) is 0.867. The number of likely N-dealkylation sites (tertiary alicyclic amines) is 1. The normalized spacial score (nSPS) is 26.9. The van der Waals surface area contributed by atoms with Gasteiger partial charge in [0.1, 0.15) is 0 Å². The maximum absolute atomic E-state index is 12.1. The molecule has 20 heavy (non-hydrogen) atoms. The first-order valence-corrected chi connectivity index (χ1v) is 7.83. The van der Waals surface area contributed by atoms with E-state index in [-0.39, 0.29) is 6.03 Å². The molecule has 1 unspecified atom stereocenters. The minimum Gasteiger partial charge on any atom is -0.481 e. The number of hydrogen-bond donors (Lipinski definition) is 2. The quantitative estimate of drug-likeness (QED) is 0.814. The highest BCUT2D eigenvalue weighted by Gasteiger charge is 2.44. The fourth-order valence-corrected chi connectivity index (χ4v) is 3.45. The Morgan fingerprint density at radius 2 is 2.05 bits per heavy atom. The Hall–Kier alpha value is -1.26. The molecule has 2 aliphatic rings. The van der Waals surface area contributed by atoms with E-state index in [1.54, 1.807) is 4.90 Å². The van der Waals surface area contributed by atoms with Crippen molar-refractivity contribution >= 4 is 12.0 Å². The van der Waals surface area contributed by atoms with Gasteiger partial charge in [-0.3, -0.25) is 4.79 Å². The van der Waals surface area contributed by atoms with E-state index in [1.165, 1.54) is 25.7 Å². The molecule has 2 N–H and O–H groups in total. The lowest BCUT2D eigenvalue weighted by molar-refractivity contribution is -0.148. The van der Waals surface area contributed by atoms with Gasteiger partial charge in [0.15, 0.2) is 0 Å². The molecular formula is C15H26N2O3. The van der Waals surface area contributed by atoms with Crippen molar-refractivity contribution in [2.45, 2.75) is 51.9 Å². The van der Waals surface area contributed by atoms with Crippen molar-refractivity contribution in [1.29, 1.82) is 0 Å². The van der Waals surface area contributed by atoms with Gasteiger partial charge >= 0.3 is 12.0 Å². The Morgan fingerprint density at radius 3 is 2.60 bits per heavy atom. The summed E-state index contributed by atoms with van der Waals surface area (Å²) < 4.78 is 0. The van der Waals surface area contributed by atoms with Gasteiger partial charge in [0.25, 0.3) is 0 Å². The molecule has 1 heterocycles. The SMILES string of the molecule is CCC1(C(=O)O)CCN(C(=O)NCCC2CCCC2)C1. The van der Waals surface area contributed by atoms with Crippen molar-refractivity contribution in [3.05, 3.63) is 0 Å². The molecule has 114 valence electrons. The summed E-state index contributed by atoms with van der Waals surface area (Å²) in [5.41, 5.74) is -0.733. The number of amides is 2. The summed E-state index contributed by atoms with van der Waals surface area (Å²) in [4.78, 5) is 25.1. The van der Waals surface area contributed by atoms with Crippen molar-refractivity contribution in [1.82, 2.24) is 10.2 Å². The van der Waals surface area contributed by atoms with Gasteiger partial charge in [-0.05, 0) is 25.2 Å². The topological polar surface area (TPSA) is 69.6 Å². The number of aliphatic carboxylic acids is 1. The molecule has 1 saturated carbocycles. The van der Waals surface area contributed by atoms with Crippen molar-refractivity contribution in [2.24, 2.45) is 11.3 Å². The molecule has 5 nitrogen and oxygen atoms in total. The molecule has 1 saturated heterocycles. The third-order valence-electron chi connectivity index (χ3n) is 5.08. The Balaban J connectivity index is 1.74. The van der Waals surface area contributed by atoms with Gasteiger partial charge in [0, 0.05) is 19.6 Å². The van der Waals surface area contributed by atoms with Crippen LogP contribution in [0.25, 0.3) is 0 Å². The van der Waals surface area contributed by atoms with Crippen LogP contribution in [0.4, 0.5) is 4.79 Å². The summed E-state index contributed by atoms with van der Waals surface area (Å²) in [5, 5.41) is 12.3. The van der Waals surface area contributed by atoms with Crippen molar-refractivity contribution in [2.75, 3.05) is 19.6 Å². The molecular weight excluding hydrogens is 256 g/mol. The second kappa shape index (κ2) is 6.46. The third-order valence-corrected chi connectivity index (χ3v) is 5.08. The molecule has 2 amide bonds. The molecule has 0 spiro atoms. The standard InChI is InChI=1S/C15H26N2O3/c1-2-15(13(18)19)8-10-17(11-15)14(20)16-9-7-12-5-3-4-6-12/h12H,2-11H2,1H3,(H,16,20)(H,18,19). The number of carbonyl (C=O) groups excluding carboxylic acids is 1. The second-order valence-electron chi connectivity index (χ2n) is 6.28. The predicted molar refractivity (Wildman–Crippen MR) is 76.5 cm³/mol. The maximum Gasteiger partial charge on any atom is 0.317 e. The molecule has 2 fully saturated rings. The molecule has 5 heteroatoms. The number of hydrogen-bond acceptors (Lipinski definition) is 2. The number of carbonyl (C=O) groups is 2. The zero-order valence-corrected chi connectivity index (χ0v) is 12.4. The monoisotopic (exact) mass is 282 g/mol. The number of rotatable bonds is 5. The van der Waals surface area contributed by atoms with Crippen LogP contribution >= 0.6 is 0 Å². The van der Waals surface area contributed by atoms with Gasteiger partial charge in [-0.15, -0.1) is 0 Å². The minimum atomic E-state index is -0.777. The van der Waals surface area contributed by atoms with Crippen LogP contribution in [0.3, 0.4) is 0 Å². The molecule has 0 bridgehead atoms. The average Bonchev–Trinajstić information content (AvgIpc) is 3.08. The van der Waals surface area contributed by atoms with E-state index in [4.69, 9.17) is 0 Å². The van der Waals surface area contributed by atoms with E-state index in [1.807, 2.05) is 6.92 Å². The summed E-state index contributed by atoms with van der Waals surface area (Å²) >= 11 is 0. The van der Waals surface area contributed by atoms with E-state index in [0.29, 0.717) is 32.5 Å². The Morgan fingerprint density at radius 1 is 1.35 bits per heavy atom. The smallest absolute Gasteiger partial charge is 0.317 e. The van der Waals surface area contributed by atoms with Crippen LogP contribution in [0.1, 0.15) is 51.9 Å². The molecule has 1 atom stereocenters. The highest BCUT2D eigenvalue weighted by Crippen LogP contribution is 2.34. The van der Waals surface area contributed by atoms with Gasteiger partial charge in [-0.1, -0.05) is 32.6 Å². The lowest BCUT2D eigenvalue weighted by Gasteiger charge is -2.23. The van der Waals surface area contributed by atoms with Crippen LogP contribution in [0.5, 0.6) is 0 Å². The zero-order chi connectivity index (χ0) is 14.6. The van der Waals surface area contributed by atoms with Gasteiger partial charge in [-0.25, -0.2) is 4.79 Å². The van der Waals surface area contributed by atoms with Crippen LogP contribution in [0, 0.1) is 11.3 Å². The van der Waals surface area contributed by atoms with E-state index >= 15 is 0 Å². The predicted octanol–water partition coefficient (Wildman–Crippen LogP) is 2.46. The van der Waals surface area contributed by atoms with Gasteiger partial charge in [-0.2, -0.15) is 0 Å². The lowest BCUT2D eigenvalue weighted by Crippen LogP contribution is -2.42. The number of nitrogens with zero attached hydrogens (tertiary/aromatic N) is 1. The van der Waals surface area contributed by atoms with Gasteiger partial charge in [0.05, 0.1) is 5.41 Å². The van der Waals surface area contributed by atoms with Crippen LogP contribution in [-0.4, -0.2) is 41.6 Å². The third kappa shape index (κ3) is 3.25. The van der Waals surface area contributed by atoms with Crippen molar-refractivity contribution < 1.29 is 14.7 Å². The first-order chi connectivity index (χ1) is 9.57. The van der Waals surface area contributed by atoms with Gasteiger partial charge in [0.2, 0.25) is 0 Å². The summed E-state index contributed by atoms with van der Waals surface area (Å²) in [7, 11) is 0. The van der Waals surface area contributed by atoms with E-state index < -0.39 is 11.4 Å². The molecule has 0 aromatic heterocycles. The van der Waals surface area contributed by atoms with Crippen LogP contribution in [0.15, 0.2) is 0 Å². The zero-order valence-electron chi connectivity index (χ0n) is 12.4. The summed E-state index contributed by atoms with van der Waals surface area (Å²) in [6, 6.07) is -0.0976. The van der Waals surface area contributed by atoms with Gasteiger partial charge < -0.3 is 15.3 Å². The Labute approximate surface area is 120 Å². The Bertz CT molecular complexity index is 366. The lowest BCUT2D eigenvalue weighted by atomic mass is 9.84. The maximum atomic E-state index is 12.1. The number of carboxylic acid groups (broad SMARTS) is 1. The van der Waals surface area contributed by atoms with Crippen molar-refractivity contribution in [3.8, 4) is 0 Å². The molecule has 2 rings (SSSR count). The van der Waals surface area contributed by atoms with E-state index in [0.717, 1.165) is 12.3 Å². The number of urea groups is 1. The van der Waals surface area contributed by atoms with Crippen LogP contribution < -0.4 is 5.32 Å². The number of carboxylic acids is 1.